The van der Waals surface area contributed by atoms with Crippen LogP contribution in [0.5, 0.6) is 0 Å². The number of nitrogens with zero attached hydrogens (tertiary/aromatic N) is 2. The molecular formula is C15H18N4O2. The van der Waals surface area contributed by atoms with E-state index in [9.17, 15) is 10.1 Å². The number of nitro groups is 1. The number of hydrogen-bond donors (Lipinski definition) is 2. The molecule has 0 heterocycles. The lowest BCUT2D eigenvalue weighted by molar-refractivity contribution is -0.384. The van der Waals surface area contributed by atoms with E-state index in [1.165, 1.54) is 6.07 Å². The summed E-state index contributed by atoms with van der Waals surface area (Å²) in [6, 6.07) is 12.7. The smallest absolute Gasteiger partial charge is 0.269 e. The molecule has 0 aliphatic carbocycles. The van der Waals surface area contributed by atoms with Crippen LogP contribution in [-0.2, 0) is 6.54 Å². The maximum atomic E-state index is 10.9. The Balaban J connectivity index is 2.29. The van der Waals surface area contributed by atoms with E-state index >= 15 is 0 Å². The molecule has 0 aromatic heterocycles. The lowest BCUT2D eigenvalue weighted by atomic mass is 10.1. The third-order valence-corrected chi connectivity index (χ3v) is 3.31. The number of benzene rings is 2. The summed E-state index contributed by atoms with van der Waals surface area (Å²) in [6.07, 6.45) is 0. The van der Waals surface area contributed by atoms with Crippen LogP contribution in [0.1, 0.15) is 11.1 Å². The van der Waals surface area contributed by atoms with Crippen LogP contribution in [0.2, 0.25) is 0 Å². The van der Waals surface area contributed by atoms with Crippen LogP contribution in [0.25, 0.3) is 0 Å². The maximum Gasteiger partial charge on any atom is 0.269 e. The van der Waals surface area contributed by atoms with Crippen molar-refractivity contribution in [1.82, 2.24) is 0 Å². The van der Waals surface area contributed by atoms with E-state index in [0.717, 1.165) is 16.8 Å². The van der Waals surface area contributed by atoms with Crippen molar-refractivity contribution in [3.63, 3.8) is 0 Å². The monoisotopic (exact) mass is 286 g/mol. The number of nitrogen functional groups attached to an aromatic ring is 1. The Hall–Kier alpha value is -2.60. The van der Waals surface area contributed by atoms with E-state index in [-0.39, 0.29) is 5.69 Å². The van der Waals surface area contributed by atoms with Gasteiger partial charge in [0.1, 0.15) is 0 Å². The minimum absolute atomic E-state index is 0.0571. The van der Waals surface area contributed by atoms with Gasteiger partial charge in [0.2, 0.25) is 0 Å². The van der Waals surface area contributed by atoms with Gasteiger partial charge in [-0.05, 0) is 30.7 Å². The van der Waals surface area contributed by atoms with Crippen LogP contribution in [0, 0.1) is 17.0 Å². The first-order valence-corrected chi connectivity index (χ1v) is 6.53. The van der Waals surface area contributed by atoms with E-state index in [4.69, 9.17) is 5.84 Å². The molecule has 2 rings (SSSR count). The molecule has 21 heavy (non-hydrogen) atoms. The van der Waals surface area contributed by atoms with Crippen molar-refractivity contribution in [2.24, 2.45) is 5.84 Å². The molecule has 0 amide bonds. The molecule has 2 aromatic carbocycles. The summed E-state index contributed by atoms with van der Waals surface area (Å²) in [5.41, 5.74) is 6.30. The quantitative estimate of drug-likeness (QED) is 0.501. The van der Waals surface area contributed by atoms with Crippen molar-refractivity contribution in [3.8, 4) is 0 Å². The standard InChI is InChI=1S/C15H18N4O2/c1-11-4-3-5-13(8-11)18(2)10-12-9-14(19(20)21)6-7-15(12)17-16/h3-9,17H,10,16H2,1-2H3. The zero-order valence-electron chi connectivity index (χ0n) is 12.0. The van der Waals surface area contributed by atoms with Crippen molar-refractivity contribution >= 4 is 17.1 Å². The summed E-state index contributed by atoms with van der Waals surface area (Å²) < 4.78 is 0. The number of rotatable bonds is 5. The fourth-order valence-electron chi connectivity index (χ4n) is 2.18. The largest absolute Gasteiger partial charge is 0.370 e. The van der Waals surface area contributed by atoms with Crippen molar-refractivity contribution in [2.75, 3.05) is 17.4 Å². The molecule has 3 N–H and O–H groups in total. The third-order valence-electron chi connectivity index (χ3n) is 3.31. The van der Waals surface area contributed by atoms with Crippen LogP contribution in [0.15, 0.2) is 42.5 Å². The highest BCUT2D eigenvalue weighted by molar-refractivity contribution is 5.58. The first kappa shape index (κ1) is 14.8. The molecule has 0 saturated heterocycles. The van der Waals surface area contributed by atoms with Crippen molar-refractivity contribution in [3.05, 3.63) is 63.7 Å². The molecular weight excluding hydrogens is 268 g/mol. The van der Waals surface area contributed by atoms with E-state index in [1.54, 1.807) is 12.1 Å². The predicted octanol–water partition coefficient (Wildman–Crippen LogP) is 2.83. The molecule has 0 atom stereocenters. The average molecular weight is 286 g/mol. The van der Waals surface area contributed by atoms with Gasteiger partial charge in [0.05, 0.1) is 10.6 Å². The highest BCUT2D eigenvalue weighted by atomic mass is 16.6. The van der Waals surface area contributed by atoms with E-state index < -0.39 is 4.92 Å². The van der Waals surface area contributed by atoms with Gasteiger partial charge in [-0.1, -0.05) is 12.1 Å². The van der Waals surface area contributed by atoms with Gasteiger partial charge in [0, 0.05) is 37.0 Å². The molecule has 6 nitrogen and oxygen atoms in total. The number of hydrazine groups is 1. The molecule has 0 saturated carbocycles. The maximum absolute atomic E-state index is 10.9. The van der Waals surface area contributed by atoms with Gasteiger partial charge in [0.25, 0.3) is 5.69 Å². The average Bonchev–Trinajstić information content (AvgIpc) is 2.47. The Morgan fingerprint density at radius 2 is 2.05 bits per heavy atom. The third kappa shape index (κ3) is 3.49. The number of anilines is 2. The number of nitrogens with one attached hydrogen (secondary N) is 1. The first-order chi connectivity index (χ1) is 10.0. The fraction of sp³-hybridized carbons (Fsp3) is 0.200. The Kier molecular flexibility index (Phi) is 4.39. The minimum Gasteiger partial charge on any atom is -0.370 e. The Morgan fingerprint density at radius 3 is 2.67 bits per heavy atom. The van der Waals surface area contributed by atoms with Crippen LogP contribution in [0.4, 0.5) is 17.1 Å². The Labute approximate surface area is 123 Å². The van der Waals surface area contributed by atoms with Crippen LogP contribution in [-0.4, -0.2) is 12.0 Å². The summed E-state index contributed by atoms with van der Waals surface area (Å²) in [4.78, 5) is 12.5. The zero-order valence-corrected chi connectivity index (χ0v) is 12.0. The first-order valence-electron chi connectivity index (χ1n) is 6.53. The molecule has 0 unspecified atom stereocenters. The molecule has 0 aliphatic heterocycles. The topological polar surface area (TPSA) is 84.4 Å². The highest BCUT2D eigenvalue weighted by Gasteiger charge is 2.12. The van der Waals surface area contributed by atoms with Gasteiger partial charge in [-0.3, -0.25) is 16.0 Å². The number of non-ortho nitro benzene ring substituents is 1. The number of hydrogen-bond acceptors (Lipinski definition) is 5. The van der Waals surface area contributed by atoms with E-state index in [0.29, 0.717) is 12.2 Å². The van der Waals surface area contributed by atoms with Crippen molar-refractivity contribution < 1.29 is 4.92 Å². The van der Waals surface area contributed by atoms with Crippen molar-refractivity contribution in [1.29, 1.82) is 0 Å². The molecule has 0 radical (unpaired) electrons. The molecule has 0 aliphatic rings. The molecule has 6 heteroatoms. The SMILES string of the molecule is Cc1cccc(N(C)Cc2cc([N+](=O)[O-])ccc2NN)c1. The van der Waals surface area contributed by atoms with Gasteiger partial charge < -0.3 is 10.3 Å². The highest BCUT2D eigenvalue weighted by Crippen LogP contribution is 2.25. The number of nitrogens with two attached hydrogens (primary N) is 1. The van der Waals surface area contributed by atoms with Gasteiger partial charge in [-0.15, -0.1) is 0 Å². The lowest BCUT2D eigenvalue weighted by Gasteiger charge is -2.21. The number of aryl methyl sites for hydroxylation is 1. The molecule has 0 spiro atoms. The molecule has 0 bridgehead atoms. The Morgan fingerprint density at radius 1 is 1.29 bits per heavy atom. The molecule has 2 aromatic rings. The normalized spacial score (nSPS) is 10.2. The second-order valence-electron chi connectivity index (χ2n) is 4.94. The van der Waals surface area contributed by atoms with E-state index in [1.807, 2.05) is 37.1 Å². The summed E-state index contributed by atoms with van der Waals surface area (Å²) in [5.74, 6) is 5.48. The van der Waals surface area contributed by atoms with Crippen LogP contribution in [0.3, 0.4) is 0 Å². The Bertz CT molecular complexity index is 658. The van der Waals surface area contributed by atoms with Crippen molar-refractivity contribution in [2.45, 2.75) is 13.5 Å². The fourth-order valence-corrected chi connectivity index (χ4v) is 2.18. The van der Waals surface area contributed by atoms with E-state index in [2.05, 4.69) is 11.5 Å². The van der Waals surface area contributed by atoms with Crippen LogP contribution >= 0.6 is 0 Å². The van der Waals surface area contributed by atoms with Gasteiger partial charge in [-0.25, -0.2) is 0 Å². The number of nitro benzene ring substituents is 1. The minimum atomic E-state index is -0.406. The summed E-state index contributed by atoms with van der Waals surface area (Å²) >= 11 is 0. The summed E-state index contributed by atoms with van der Waals surface area (Å²) in [6.45, 7) is 2.54. The van der Waals surface area contributed by atoms with Gasteiger partial charge >= 0.3 is 0 Å². The predicted molar refractivity (Wildman–Crippen MR) is 84.2 cm³/mol. The molecule has 110 valence electrons. The van der Waals surface area contributed by atoms with Gasteiger partial charge in [0.15, 0.2) is 0 Å². The van der Waals surface area contributed by atoms with Gasteiger partial charge in [-0.2, -0.15) is 0 Å². The zero-order chi connectivity index (χ0) is 15.4. The van der Waals surface area contributed by atoms with Crippen LogP contribution < -0.4 is 16.2 Å². The second-order valence-corrected chi connectivity index (χ2v) is 4.94. The summed E-state index contributed by atoms with van der Waals surface area (Å²) in [7, 11) is 1.94. The second kappa shape index (κ2) is 6.23. The molecule has 0 fully saturated rings. The lowest BCUT2D eigenvalue weighted by Crippen LogP contribution is -2.19. The summed E-state index contributed by atoms with van der Waals surface area (Å²) in [5, 5.41) is 10.9.